The highest BCUT2D eigenvalue weighted by atomic mass is 16.5. The Labute approximate surface area is 89.3 Å². The molecule has 0 unspecified atom stereocenters. The highest BCUT2D eigenvalue weighted by Gasteiger charge is 2.11. The van der Waals surface area contributed by atoms with Gasteiger partial charge in [0.1, 0.15) is 11.8 Å². The maximum atomic E-state index is 11.3. The van der Waals surface area contributed by atoms with E-state index in [1.165, 1.54) is 14.0 Å². The van der Waals surface area contributed by atoms with Crippen molar-refractivity contribution in [2.45, 2.75) is 20.3 Å². The first kappa shape index (κ1) is 11.3. The Kier molecular flexibility index (Phi) is 3.46. The Bertz CT molecular complexity index is 430. The van der Waals surface area contributed by atoms with Gasteiger partial charge in [0.05, 0.1) is 12.7 Å². The average Bonchev–Trinajstić information content (AvgIpc) is 2.26. The van der Waals surface area contributed by atoms with Crippen molar-refractivity contribution in [3.05, 3.63) is 28.8 Å². The second-order valence-electron chi connectivity index (χ2n) is 3.23. The van der Waals surface area contributed by atoms with E-state index in [1.807, 2.05) is 13.0 Å². The monoisotopic (exact) mass is 203 g/mol. The maximum Gasteiger partial charge on any atom is 0.160 e. The molecule has 1 aromatic rings. The van der Waals surface area contributed by atoms with Gasteiger partial charge < -0.3 is 4.74 Å². The Morgan fingerprint density at radius 1 is 1.53 bits per heavy atom. The summed E-state index contributed by atoms with van der Waals surface area (Å²) in [6.45, 7) is 3.47. The van der Waals surface area contributed by atoms with Crippen LogP contribution in [0.3, 0.4) is 0 Å². The van der Waals surface area contributed by atoms with Crippen LogP contribution in [-0.4, -0.2) is 12.9 Å². The molecule has 0 N–H and O–H groups in total. The Balaban J connectivity index is 3.42. The smallest absolute Gasteiger partial charge is 0.160 e. The van der Waals surface area contributed by atoms with Crippen molar-refractivity contribution in [3.8, 4) is 11.8 Å². The van der Waals surface area contributed by atoms with Gasteiger partial charge in [-0.15, -0.1) is 0 Å². The number of methoxy groups -OCH3 is 1. The standard InChI is InChI=1S/C12H13NO2/c1-4-9-6-12(15-3)10(7-13)5-11(9)8(2)14/h5-6H,4H2,1-3H3. The summed E-state index contributed by atoms with van der Waals surface area (Å²) in [6, 6.07) is 5.37. The van der Waals surface area contributed by atoms with Crippen molar-refractivity contribution in [2.24, 2.45) is 0 Å². The molecule has 0 aromatic heterocycles. The average molecular weight is 203 g/mol. The molecule has 0 spiro atoms. The van der Waals surface area contributed by atoms with Crippen molar-refractivity contribution in [3.63, 3.8) is 0 Å². The summed E-state index contributed by atoms with van der Waals surface area (Å²) in [6.07, 6.45) is 0.747. The second-order valence-corrected chi connectivity index (χ2v) is 3.23. The zero-order valence-corrected chi connectivity index (χ0v) is 9.13. The minimum Gasteiger partial charge on any atom is -0.495 e. The van der Waals surface area contributed by atoms with Crippen LogP contribution in [0, 0.1) is 11.3 Å². The summed E-state index contributed by atoms with van der Waals surface area (Å²) in [5.74, 6) is 0.505. The Hall–Kier alpha value is -1.82. The predicted octanol–water partition coefficient (Wildman–Crippen LogP) is 2.33. The summed E-state index contributed by atoms with van der Waals surface area (Å²) in [5.41, 5.74) is 1.92. The number of ketones is 1. The van der Waals surface area contributed by atoms with Crippen molar-refractivity contribution in [1.29, 1.82) is 5.26 Å². The van der Waals surface area contributed by atoms with Gasteiger partial charge in [-0.1, -0.05) is 6.92 Å². The molecule has 15 heavy (non-hydrogen) atoms. The van der Waals surface area contributed by atoms with Gasteiger partial charge in [0.15, 0.2) is 5.78 Å². The largest absolute Gasteiger partial charge is 0.495 e. The van der Waals surface area contributed by atoms with Gasteiger partial charge in [-0.25, -0.2) is 0 Å². The lowest BCUT2D eigenvalue weighted by molar-refractivity contribution is 0.101. The molecule has 1 rings (SSSR count). The van der Waals surface area contributed by atoms with E-state index < -0.39 is 0 Å². The van der Waals surface area contributed by atoms with Crippen molar-refractivity contribution < 1.29 is 9.53 Å². The minimum absolute atomic E-state index is 0.0222. The zero-order valence-electron chi connectivity index (χ0n) is 9.13. The zero-order chi connectivity index (χ0) is 11.4. The lowest BCUT2D eigenvalue weighted by Gasteiger charge is -2.09. The molecule has 0 aliphatic rings. The quantitative estimate of drug-likeness (QED) is 0.708. The Morgan fingerprint density at radius 2 is 2.20 bits per heavy atom. The number of nitriles is 1. The van der Waals surface area contributed by atoms with E-state index in [-0.39, 0.29) is 5.78 Å². The number of aryl methyl sites for hydroxylation is 1. The molecule has 78 valence electrons. The van der Waals surface area contributed by atoms with Crippen LogP contribution in [0.15, 0.2) is 12.1 Å². The molecular weight excluding hydrogens is 190 g/mol. The summed E-state index contributed by atoms with van der Waals surface area (Å²) in [7, 11) is 1.52. The number of carbonyl (C=O) groups excluding carboxylic acids is 1. The molecule has 0 saturated carbocycles. The predicted molar refractivity (Wildman–Crippen MR) is 57.1 cm³/mol. The van der Waals surface area contributed by atoms with Gasteiger partial charge in [-0.3, -0.25) is 4.79 Å². The SMILES string of the molecule is CCc1cc(OC)c(C#N)cc1C(C)=O. The van der Waals surface area contributed by atoms with E-state index in [0.717, 1.165) is 12.0 Å². The molecule has 0 fully saturated rings. The fourth-order valence-electron chi connectivity index (χ4n) is 1.50. The van der Waals surface area contributed by atoms with Crippen molar-refractivity contribution >= 4 is 5.78 Å². The number of ether oxygens (including phenoxy) is 1. The van der Waals surface area contributed by atoms with Crippen LogP contribution in [-0.2, 0) is 6.42 Å². The van der Waals surface area contributed by atoms with Gasteiger partial charge >= 0.3 is 0 Å². The first-order valence-electron chi connectivity index (χ1n) is 4.76. The van der Waals surface area contributed by atoms with Crippen LogP contribution in [0.25, 0.3) is 0 Å². The molecule has 0 atom stereocenters. The van der Waals surface area contributed by atoms with Crippen molar-refractivity contribution in [2.75, 3.05) is 7.11 Å². The first-order chi connectivity index (χ1) is 7.13. The minimum atomic E-state index is -0.0222. The van der Waals surface area contributed by atoms with E-state index in [2.05, 4.69) is 0 Å². The number of hydrogen-bond acceptors (Lipinski definition) is 3. The van der Waals surface area contributed by atoms with E-state index in [9.17, 15) is 4.79 Å². The third-order valence-corrected chi connectivity index (χ3v) is 2.31. The van der Waals surface area contributed by atoms with E-state index in [1.54, 1.807) is 12.1 Å². The normalized spacial score (nSPS) is 9.47. The third-order valence-electron chi connectivity index (χ3n) is 2.31. The van der Waals surface area contributed by atoms with E-state index in [0.29, 0.717) is 16.9 Å². The molecule has 3 nitrogen and oxygen atoms in total. The van der Waals surface area contributed by atoms with Crippen molar-refractivity contribution in [1.82, 2.24) is 0 Å². The van der Waals surface area contributed by atoms with E-state index >= 15 is 0 Å². The first-order valence-corrected chi connectivity index (χ1v) is 4.76. The number of carbonyl (C=O) groups is 1. The van der Waals surface area contributed by atoms with Crippen LogP contribution in [0.1, 0.15) is 35.3 Å². The maximum absolute atomic E-state index is 11.3. The molecule has 0 aliphatic heterocycles. The third kappa shape index (κ3) is 2.16. The summed E-state index contributed by atoms with van der Waals surface area (Å²) in [4.78, 5) is 11.3. The van der Waals surface area contributed by atoms with Crippen LogP contribution >= 0.6 is 0 Å². The number of benzene rings is 1. The lowest BCUT2D eigenvalue weighted by atomic mass is 9.99. The molecule has 0 aliphatic carbocycles. The van der Waals surface area contributed by atoms with Gasteiger partial charge in [0, 0.05) is 5.56 Å². The Morgan fingerprint density at radius 3 is 2.60 bits per heavy atom. The lowest BCUT2D eigenvalue weighted by Crippen LogP contribution is -2.01. The number of hydrogen-bond donors (Lipinski definition) is 0. The van der Waals surface area contributed by atoms with Crippen LogP contribution in [0.4, 0.5) is 0 Å². The second kappa shape index (κ2) is 4.61. The molecular formula is C12H13NO2. The van der Waals surface area contributed by atoms with Crippen LogP contribution in [0.2, 0.25) is 0 Å². The molecule has 0 bridgehead atoms. The van der Waals surface area contributed by atoms with Gasteiger partial charge in [-0.05, 0) is 31.0 Å². The van der Waals surface area contributed by atoms with Crippen LogP contribution in [0.5, 0.6) is 5.75 Å². The molecule has 0 amide bonds. The highest BCUT2D eigenvalue weighted by molar-refractivity contribution is 5.96. The summed E-state index contributed by atoms with van der Waals surface area (Å²) in [5, 5.41) is 8.88. The summed E-state index contributed by atoms with van der Waals surface area (Å²) < 4.78 is 5.08. The number of nitrogens with zero attached hydrogens (tertiary/aromatic N) is 1. The van der Waals surface area contributed by atoms with Gasteiger partial charge in [0.2, 0.25) is 0 Å². The topological polar surface area (TPSA) is 50.1 Å². The fourth-order valence-corrected chi connectivity index (χ4v) is 1.50. The highest BCUT2D eigenvalue weighted by Crippen LogP contribution is 2.23. The molecule has 3 heteroatoms. The molecule has 1 aromatic carbocycles. The van der Waals surface area contributed by atoms with Gasteiger partial charge in [-0.2, -0.15) is 5.26 Å². The van der Waals surface area contributed by atoms with Crippen LogP contribution < -0.4 is 4.74 Å². The fraction of sp³-hybridized carbons (Fsp3) is 0.333. The molecule has 0 radical (unpaired) electrons. The summed E-state index contributed by atoms with van der Waals surface area (Å²) >= 11 is 0. The van der Waals surface area contributed by atoms with Gasteiger partial charge in [0.25, 0.3) is 0 Å². The number of Topliss-reactive ketones (excluding diaryl/α,β-unsaturated/α-hetero) is 1. The molecule has 0 saturated heterocycles. The van der Waals surface area contributed by atoms with E-state index in [4.69, 9.17) is 10.00 Å². The number of rotatable bonds is 3. The molecule has 0 heterocycles.